The molecular weight excluding hydrogens is 142 g/mol. The van der Waals surface area contributed by atoms with Crippen LogP contribution < -0.4 is 5.32 Å². The van der Waals surface area contributed by atoms with Crippen molar-refractivity contribution >= 4 is 5.69 Å². The van der Waals surface area contributed by atoms with E-state index in [1.807, 2.05) is 24.3 Å². The molecule has 0 radical (unpaired) electrons. The Morgan fingerprint density at radius 1 is 1.45 bits per heavy atom. The topological polar surface area (TPSA) is 41.5 Å². The van der Waals surface area contributed by atoms with Gasteiger partial charge in [0.2, 0.25) is 6.41 Å². The fourth-order valence-electron chi connectivity index (χ4n) is 1.13. The number of benzene rings is 1. The van der Waals surface area contributed by atoms with Crippen molar-refractivity contribution in [3.8, 4) is 0 Å². The largest absolute Gasteiger partial charge is 0.351 e. The molecule has 0 amide bonds. The SMILES string of the molecule is OC1Nc2ccccc2CO1. The van der Waals surface area contributed by atoms with Crippen molar-refractivity contribution in [2.45, 2.75) is 13.0 Å². The number of aliphatic hydroxyl groups is 1. The average Bonchev–Trinajstić information content (AvgIpc) is 2.04. The molecule has 0 aromatic heterocycles. The summed E-state index contributed by atoms with van der Waals surface area (Å²) in [6.07, 6.45) is -0.857. The van der Waals surface area contributed by atoms with Gasteiger partial charge in [0.25, 0.3) is 0 Å². The summed E-state index contributed by atoms with van der Waals surface area (Å²) in [7, 11) is 0. The Morgan fingerprint density at radius 2 is 2.27 bits per heavy atom. The van der Waals surface area contributed by atoms with Gasteiger partial charge in [0.05, 0.1) is 6.61 Å². The van der Waals surface area contributed by atoms with Crippen LogP contribution in [0, 0.1) is 0 Å². The number of rotatable bonds is 0. The average molecular weight is 151 g/mol. The minimum atomic E-state index is -0.857. The molecule has 2 rings (SSSR count). The van der Waals surface area contributed by atoms with Crippen molar-refractivity contribution in [2.75, 3.05) is 5.32 Å². The van der Waals surface area contributed by atoms with Gasteiger partial charge in [-0.25, -0.2) is 0 Å². The number of ether oxygens (including phenoxy) is 1. The first-order chi connectivity index (χ1) is 5.36. The van der Waals surface area contributed by atoms with Gasteiger partial charge in [-0.15, -0.1) is 0 Å². The van der Waals surface area contributed by atoms with Crippen LogP contribution in [0.4, 0.5) is 5.69 Å². The van der Waals surface area contributed by atoms with Crippen LogP contribution in [0.15, 0.2) is 24.3 Å². The van der Waals surface area contributed by atoms with E-state index in [0.717, 1.165) is 11.3 Å². The van der Waals surface area contributed by atoms with Gasteiger partial charge in [0.15, 0.2) is 0 Å². The second kappa shape index (κ2) is 2.53. The summed E-state index contributed by atoms with van der Waals surface area (Å²) in [6.45, 7) is 0.477. The summed E-state index contributed by atoms with van der Waals surface area (Å²) in [5, 5.41) is 11.8. The van der Waals surface area contributed by atoms with E-state index < -0.39 is 6.41 Å². The molecule has 0 bridgehead atoms. The van der Waals surface area contributed by atoms with Crippen molar-refractivity contribution in [1.82, 2.24) is 0 Å². The lowest BCUT2D eigenvalue weighted by Gasteiger charge is -2.22. The Hall–Kier alpha value is -1.06. The number of para-hydroxylation sites is 1. The van der Waals surface area contributed by atoms with Gasteiger partial charge in [-0.3, -0.25) is 0 Å². The van der Waals surface area contributed by atoms with Crippen LogP contribution in [0.25, 0.3) is 0 Å². The van der Waals surface area contributed by atoms with Gasteiger partial charge in [-0.05, 0) is 6.07 Å². The zero-order valence-electron chi connectivity index (χ0n) is 5.95. The Labute approximate surface area is 64.6 Å². The molecule has 3 nitrogen and oxygen atoms in total. The first-order valence-electron chi connectivity index (χ1n) is 3.50. The first kappa shape index (κ1) is 6.64. The van der Waals surface area contributed by atoms with Gasteiger partial charge in [-0.1, -0.05) is 18.2 Å². The lowest BCUT2D eigenvalue weighted by Crippen LogP contribution is -2.27. The molecule has 1 aromatic rings. The Bertz CT molecular complexity index is 262. The smallest absolute Gasteiger partial charge is 0.235 e. The summed E-state index contributed by atoms with van der Waals surface area (Å²) in [4.78, 5) is 0. The predicted molar refractivity (Wildman–Crippen MR) is 40.9 cm³/mol. The molecule has 1 aliphatic heterocycles. The maximum Gasteiger partial charge on any atom is 0.235 e. The minimum Gasteiger partial charge on any atom is -0.351 e. The van der Waals surface area contributed by atoms with Gasteiger partial charge in [0.1, 0.15) is 0 Å². The zero-order valence-corrected chi connectivity index (χ0v) is 5.95. The summed E-state index contributed by atoms with van der Waals surface area (Å²) >= 11 is 0. The number of anilines is 1. The van der Waals surface area contributed by atoms with Crippen molar-refractivity contribution in [2.24, 2.45) is 0 Å². The van der Waals surface area contributed by atoms with Crippen LogP contribution in [-0.4, -0.2) is 11.5 Å². The highest BCUT2D eigenvalue weighted by Gasteiger charge is 2.13. The van der Waals surface area contributed by atoms with E-state index in [9.17, 15) is 0 Å². The number of nitrogens with one attached hydrogen (secondary N) is 1. The fourth-order valence-corrected chi connectivity index (χ4v) is 1.13. The number of hydrogen-bond donors (Lipinski definition) is 2. The molecular formula is C8H9NO2. The second-order valence-electron chi connectivity index (χ2n) is 2.46. The Kier molecular flexibility index (Phi) is 1.52. The molecule has 0 fully saturated rings. The lowest BCUT2D eigenvalue weighted by atomic mass is 10.2. The van der Waals surface area contributed by atoms with Gasteiger partial charge < -0.3 is 15.2 Å². The van der Waals surface area contributed by atoms with E-state index in [2.05, 4.69) is 5.32 Å². The minimum absolute atomic E-state index is 0.477. The first-order valence-corrected chi connectivity index (χ1v) is 3.50. The second-order valence-corrected chi connectivity index (χ2v) is 2.46. The van der Waals surface area contributed by atoms with Crippen LogP contribution in [0.2, 0.25) is 0 Å². The van der Waals surface area contributed by atoms with Crippen LogP contribution in [0.5, 0.6) is 0 Å². The number of fused-ring (bicyclic) bond motifs is 1. The molecule has 1 aromatic carbocycles. The number of aliphatic hydroxyl groups excluding tert-OH is 1. The van der Waals surface area contributed by atoms with Crippen molar-refractivity contribution in [3.05, 3.63) is 29.8 Å². The lowest BCUT2D eigenvalue weighted by molar-refractivity contribution is -0.0929. The van der Waals surface area contributed by atoms with Gasteiger partial charge in [-0.2, -0.15) is 0 Å². The monoisotopic (exact) mass is 151 g/mol. The van der Waals surface area contributed by atoms with E-state index in [-0.39, 0.29) is 0 Å². The molecule has 1 heterocycles. The Morgan fingerprint density at radius 3 is 3.18 bits per heavy atom. The standard InChI is InChI=1S/C8H9NO2/c10-8-9-7-4-2-1-3-6(7)5-11-8/h1-4,8-10H,5H2. The third-order valence-electron chi connectivity index (χ3n) is 1.69. The molecule has 1 unspecified atom stereocenters. The summed E-state index contributed by atoms with van der Waals surface area (Å²) in [5.41, 5.74) is 2.03. The highest BCUT2D eigenvalue weighted by molar-refractivity contribution is 5.51. The van der Waals surface area contributed by atoms with Gasteiger partial charge in [0, 0.05) is 11.3 Å². The Balaban J connectivity index is 2.34. The van der Waals surface area contributed by atoms with Crippen molar-refractivity contribution in [3.63, 3.8) is 0 Å². The zero-order chi connectivity index (χ0) is 7.68. The molecule has 2 N–H and O–H groups in total. The molecule has 1 aliphatic rings. The van der Waals surface area contributed by atoms with Crippen LogP contribution in [0.3, 0.4) is 0 Å². The molecule has 58 valence electrons. The summed E-state index contributed by atoms with van der Waals surface area (Å²) < 4.78 is 4.95. The van der Waals surface area contributed by atoms with E-state index in [0.29, 0.717) is 6.61 Å². The maximum absolute atomic E-state index is 9.02. The van der Waals surface area contributed by atoms with Crippen molar-refractivity contribution < 1.29 is 9.84 Å². The molecule has 11 heavy (non-hydrogen) atoms. The van der Waals surface area contributed by atoms with E-state index in [4.69, 9.17) is 9.84 Å². The third kappa shape index (κ3) is 1.20. The van der Waals surface area contributed by atoms with E-state index >= 15 is 0 Å². The van der Waals surface area contributed by atoms with E-state index in [1.165, 1.54) is 0 Å². The molecule has 0 spiro atoms. The summed E-state index contributed by atoms with van der Waals surface area (Å²) in [6, 6.07) is 7.75. The normalized spacial score (nSPS) is 22.1. The predicted octanol–water partition coefficient (Wildman–Crippen LogP) is 0.905. The third-order valence-corrected chi connectivity index (χ3v) is 1.69. The van der Waals surface area contributed by atoms with Crippen LogP contribution in [-0.2, 0) is 11.3 Å². The summed E-state index contributed by atoms with van der Waals surface area (Å²) in [5.74, 6) is 0. The number of hydrogen-bond acceptors (Lipinski definition) is 3. The van der Waals surface area contributed by atoms with Crippen LogP contribution >= 0.6 is 0 Å². The molecule has 3 heteroatoms. The molecule has 0 aliphatic carbocycles. The molecule has 0 saturated carbocycles. The van der Waals surface area contributed by atoms with E-state index in [1.54, 1.807) is 0 Å². The highest BCUT2D eigenvalue weighted by atomic mass is 16.6. The fraction of sp³-hybridized carbons (Fsp3) is 0.250. The maximum atomic E-state index is 9.02. The van der Waals surface area contributed by atoms with Crippen molar-refractivity contribution in [1.29, 1.82) is 0 Å². The molecule has 0 saturated heterocycles. The molecule has 1 atom stereocenters. The quantitative estimate of drug-likeness (QED) is 0.579. The highest BCUT2D eigenvalue weighted by Crippen LogP contribution is 2.21. The van der Waals surface area contributed by atoms with Gasteiger partial charge >= 0.3 is 0 Å². The van der Waals surface area contributed by atoms with Crippen LogP contribution in [0.1, 0.15) is 5.56 Å².